The Morgan fingerprint density at radius 1 is 1.45 bits per heavy atom. The highest BCUT2D eigenvalue weighted by Gasteiger charge is 2.38. The maximum atomic E-state index is 11.7. The zero-order chi connectivity index (χ0) is 14.7. The van der Waals surface area contributed by atoms with Crippen LogP contribution in [0.5, 0.6) is 0 Å². The van der Waals surface area contributed by atoms with Crippen LogP contribution in [0.4, 0.5) is 4.79 Å². The highest BCUT2D eigenvalue weighted by Crippen LogP contribution is 2.19. The smallest absolute Gasteiger partial charge is 0.410 e. The van der Waals surface area contributed by atoms with Crippen molar-refractivity contribution in [3.63, 3.8) is 0 Å². The van der Waals surface area contributed by atoms with Crippen LogP contribution >= 0.6 is 0 Å². The van der Waals surface area contributed by atoms with Crippen LogP contribution in [0.25, 0.3) is 0 Å². The van der Waals surface area contributed by atoms with E-state index in [0.717, 1.165) is 5.56 Å². The number of carboxylic acids is 1. The minimum atomic E-state index is -1.04. The van der Waals surface area contributed by atoms with Gasteiger partial charge in [0.2, 0.25) is 0 Å². The average molecular weight is 297 g/mol. The molecule has 1 aromatic rings. The zero-order valence-electron chi connectivity index (χ0n) is 10.9. The van der Waals surface area contributed by atoms with Gasteiger partial charge < -0.3 is 14.4 Å². The Morgan fingerprint density at radius 3 is 2.55 bits per heavy atom. The van der Waals surface area contributed by atoms with Gasteiger partial charge in [-0.3, -0.25) is 4.90 Å². The number of hydrogen-bond donors (Lipinski definition) is 1. The van der Waals surface area contributed by atoms with Crippen LogP contribution in [-0.2, 0) is 27.3 Å². The molecule has 1 fully saturated rings. The Balaban J connectivity index is 1.86. The fraction of sp³-hybridized carbons (Fsp3) is 0.385. The number of benzene rings is 1. The van der Waals surface area contributed by atoms with Gasteiger partial charge >= 0.3 is 12.1 Å². The molecule has 1 saturated heterocycles. The summed E-state index contributed by atoms with van der Waals surface area (Å²) in [6.07, 6.45) is 1.43. The van der Waals surface area contributed by atoms with Crippen molar-refractivity contribution in [1.29, 1.82) is 0 Å². The highest BCUT2D eigenvalue weighted by molar-refractivity contribution is 7.90. The van der Waals surface area contributed by atoms with E-state index < -0.39 is 29.3 Å². The molecule has 2 unspecified atom stereocenters. The lowest BCUT2D eigenvalue weighted by Crippen LogP contribution is -2.55. The first kappa shape index (κ1) is 14.7. The number of rotatable bonds is 4. The lowest BCUT2D eigenvalue weighted by atomic mass is 10.1. The van der Waals surface area contributed by atoms with Crippen LogP contribution in [-0.4, -0.2) is 45.5 Å². The monoisotopic (exact) mass is 297 g/mol. The maximum absolute atomic E-state index is 11.7. The van der Waals surface area contributed by atoms with Gasteiger partial charge in [0.15, 0.2) is 4.90 Å². The summed E-state index contributed by atoms with van der Waals surface area (Å²) in [6, 6.07) is 6.11. The number of carboxylic acid groups (broad SMARTS) is 1. The summed E-state index contributed by atoms with van der Waals surface area (Å²) in [5, 5.41) is 8.84. The zero-order valence-corrected chi connectivity index (χ0v) is 11.8. The molecule has 1 amide bonds. The van der Waals surface area contributed by atoms with E-state index in [0.29, 0.717) is 17.9 Å². The molecule has 0 saturated carbocycles. The van der Waals surface area contributed by atoms with Crippen molar-refractivity contribution in [2.24, 2.45) is 0 Å². The number of carbonyl (C=O) groups is 2. The molecule has 1 heterocycles. The fourth-order valence-corrected chi connectivity index (χ4v) is 2.39. The summed E-state index contributed by atoms with van der Waals surface area (Å²) in [7, 11) is 0. The van der Waals surface area contributed by atoms with Gasteiger partial charge in [0.1, 0.15) is 18.9 Å². The van der Waals surface area contributed by atoms with E-state index >= 15 is 0 Å². The number of likely N-dealkylation sites (tertiary alicyclic amines) is 1. The molecule has 1 aliphatic heterocycles. The lowest BCUT2D eigenvalue weighted by Gasteiger charge is -2.36. The summed E-state index contributed by atoms with van der Waals surface area (Å²) >= 11 is -1.04. The van der Waals surface area contributed by atoms with Gasteiger partial charge in [0.25, 0.3) is 0 Å². The van der Waals surface area contributed by atoms with E-state index in [-0.39, 0.29) is 6.61 Å². The molecular weight excluding hydrogens is 282 g/mol. The number of amides is 1. The SMILES string of the molecule is C[S+]([O-])c1ccc(COC(=O)N2CCC2C(=O)O)cc1. The minimum absolute atomic E-state index is 0.0678. The molecule has 0 aromatic heterocycles. The second-order valence-electron chi connectivity index (χ2n) is 4.49. The normalized spacial score (nSPS) is 19.1. The van der Waals surface area contributed by atoms with Crippen LogP contribution in [0.3, 0.4) is 0 Å². The van der Waals surface area contributed by atoms with Crippen LogP contribution in [0.15, 0.2) is 29.2 Å². The predicted molar refractivity (Wildman–Crippen MR) is 71.7 cm³/mol. The van der Waals surface area contributed by atoms with Gasteiger partial charge in [-0.1, -0.05) is 12.1 Å². The quantitative estimate of drug-likeness (QED) is 0.844. The Labute approximate surface area is 119 Å². The predicted octanol–water partition coefficient (Wildman–Crippen LogP) is 1.22. The van der Waals surface area contributed by atoms with Crippen LogP contribution in [0, 0.1) is 0 Å². The largest absolute Gasteiger partial charge is 0.612 e. The number of carbonyl (C=O) groups excluding carboxylic acids is 1. The van der Waals surface area contributed by atoms with E-state index in [9.17, 15) is 14.1 Å². The maximum Gasteiger partial charge on any atom is 0.410 e. The summed E-state index contributed by atoms with van der Waals surface area (Å²) in [4.78, 5) is 24.4. The minimum Gasteiger partial charge on any atom is -0.612 e. The average Bonchev–Trinajstić information content (AvgIpc) is 2.34. The van der Waals surface area contributed by atoms with Gasteiger partial charge in [-0.15, -0.1) is 0 Å². The lowest BCUT2D eigenvalue weighted by molar-refractivity contribution is -0.146. The molecule has 1 aliphatic rings. The summed E-state index contributed by atoms with van der Waals surface area (Å²) < 4.78 is 16.3. The molecule has 7 heteroatoms. The van der Waals surface area contributed by atoms with Gasteiger partial charge in [0.05, 0.1) is 0 Å². The third kappa shape index (κ3) is 3.23. The van der Waals surface area contributed by atoms with Gasteiger partial charge in [-0.05, 0) is 35.3 Å². The van der Waals surface area contributed by atoms with E-state index in [1.807, 2.05) is 0 Å². The second kappa shape index (κ2) is 6.15. The molecule has 20 heavy (non-hydrogen) atoms. The first-order valence-corrected chi connectivity index (χ1v) is 7.63. The molecule has 0 radical (unpaired) electrons. The van der Waals surface area contributed by atoms with Crippen LogP contribution in [0.2, 0.25) is 0 Å². The van der Waals surface area contributed by atoms with Crippen molar-refractivity contribution in [3.05, 3.63) is 29.8 Å². The number of ether oxygens (including phenoxy) is 1. The number of aliphatic carboxylic acids is 1. The molecule has 0 bridgehead atoms. The van der Waals surface area contributed by atoms with Crippen LogP contribution in [0.1, 0.15) is 12.0 Å². The first-order chi connectivity index (χ1) is 9.49. The van der Waals surface area contributed by atoms with Crippen molar-refractivity contribution in [1.82, 2.24) is 4.90 Å². The fourth-order valence-electron chi connectivity index (χ4n) is 1.87. The second-order valence-corrected chi connectivity index (χ2v) is 5.87. The molecule has 1 N–H and O–H groups in total. The van der Waals surface area contributed by atoms with E-state index in [4.69, 9.17) is 9.84 Å². The summed E-state index contributed by atoms with van der Waals surface area (Å²) in [5.41, 5.74) is 0.764. The summed E-state index contributed by atoms with van der Waals surface area (Å²) in [5.74, 6) is -1.01. The van der Waals surface area contributed by atoms with Crippen molar-refractivity contribution in [2.75, 3.05) is 12.8 Å². The highest BCUT2D eigenvalue weighted by atomic mass is 32.2. The molecule has 0 spiro atoms. The molecule has 6 nitrogen and oxygen atoms in total. The van der Waals surface area contributed by atoms with Crippen molar-refractivity contribution < 1.29 is 24.0 Å². The van der Waals surface area contributed by atoms with Gasteiger partial charge in [-0.2, -0.15) is 0 Å². The molecule has 1 aromatic carbocycles. The Bertz CT molecular complexity index is 502. The standard InChI is InChI=1S/C13H15NO5S/c1-20(18)10-4-2-9(3-5-10)8-19-13(17)14-7-6-11(14)12(15)16/h2-5,11H,6-8H2,1H3,(H,15,16). The van der Waals surface area contributed by atoms with Crippen LogP contribution < -0.4 is 0 Å². The van der Waals surface area contributed by atoms with Gasteiger partial charge in [0, 0.05) is 6.54 Å². The Hall–Kier alpha value is -1.73. The van der Waals surface area contributed by atoms with Crippen molar-refractivity contribution in [2.45, 2.75) is 24.0 Å². The number of hydrogen-bond acceptors (Lipinski definition) is 4. The van der Waals surface area contributed by atoms with E-state index in [2.05, 4.69) is 0 Å². The van der Waals surface area contributed by atoms with Gasteiger partial charge in [-0.25, -0.2) is 9.59 Å². The Morgan fingerprint density at radius 2 is 2.10 bits per heavy atom. The molecular formula is C13H15NO5S. The summed E-state index contributed by atoms with van der Waals surface area (Å²) in [6.45, 7) is 0.474. The molecule has 0 aliphatic carbocycles. The van der Waals surface area contributed by atoms with E-state index in [1.165, 1.54) is 4.90 Å². The van der Waals surface area contributed by atoms with Crippen molar-refractivity contribution in [3.8, 4) is 0 Å². The van der Waals surface area contributed by atoms with E-state index in [1.54, 1.807) is 30.5 Å². The Kier molecular flexibility index (Phi) is 4.51. The van der Waals surface area contributed by atoms with Crippen molar-refractivity contribution >= 4 is 23.2 Å². The molecule has 2 atom stereocenters. The number of nitrogens with zero attached hydrogens (tertiary/aromatic N) is 1. The third-order valence-corrected chi connectivity index (χ3v) is 4.09. The first-order valence-electron chi connectivity index (χ1n) is 6.07. The molecule has 2 rings (SSSR count). The topological polar surface area (TPSA) is 89.9 Å². The molecule has 108 valence electrons. The third-order valence-electron chi connectivity index (χ3n) is 3.16.